The van der Waals surface area contributed by atoms with Gasteiger partial charge in [0.05, 0.1) is 18.1 Å². The fourth-order valence-corrected chi connectivity index (χ4v) is 2.65. The van der Waals surface area contributed by atoms with E-state index in [0.29, 0.717) is 12.6 Å². The van der Waals surface area contributed by atoms with Crippen molar-refractivity contribution in [2.45, 2.75) is 32.7 Å². The van der Waals surface area contributed by atoms with Crippen LogP contribution in [0.2, 0.25) is 0 Å². The molecule has 2 N–H and O–H groups in total. The van der Waals surface area contributed by atoms with Crippen LogP contribution in [0.1, 0.15) is 26.7 Å². The quantitative estimate of drug-likeness (QED) is 0.829. The van der Waals surface area contributed by atoms with Crippen LogP contribution >= 0.6 is 0 Å². The average molecular weight is 292 g/mol. The van der Waals surface area contributed by atoms with Crippen LogP contribution < -0.4 is 15.4 Å². The third-order valence-electron chi connectivity index (χ3n) is 4.17. The lowest BCUT2D eigenvalue weighted by atomic mass is 10.1. The van der Waals surface area contributed by atoms with Crippen molar-refractivity contribution >= 4 is 5.69 Å². The van der Waals surface area contributed by atoms with Gasteiger partial charge in [-0.05, 0) is 25.9 Å². The van der Waals surface area contributed by atoms with Crippen molar-refractivity contribution in [3.05, 3.63) is 18.5 Å². The Kier molecular flexibility index (Phi) is 6.26. The second-order valence-corrected chi connectivity index (χ2v) is 5.58. The molecule has 0 amide bonds. The number of hydrogen-bond acceptors (Lipinski definition) is 5. The fraction of sp³-hybridized carbons (Fsp3) is 0.688. The van der Waals surface area contributed by atoms with Gasteiger partial charge in [0, 0.05) is 31.7 Å². The maximum absolute atomic E-state index is 5.95. The molecule has 0 aliphatic carbocycles. The lowest BCUT2D eigenvalue weighted by molar-refractivity contribution is 0.222. The van der Waals surface area contributed by atoms with E-state index in [0.717, 1.165) is 57.0 Å². The van der Waals surface area contributed by atoms with Gasteiger partial charge in [0.15, 0.2) is 0 Å². The van der Waals surface area contributed by atoms with Crippen LogP contribution in [0.4, 0.5) is 5.69 Å². The molecule has 0 unspecified atom stereocenters. The summed E-state index contributed by atoms with van der Waals surface area (Å²) in [5.74, 6) is 0.856. The smallest absolute Gasteiger partial charge is 0.139 e. The SMILES string of the molecule is CCN(CC)CCOc1cncc(N2CCC(N)CC2)c1. The summed E-state index contributed by atoms with van der Waals surface area (Å²) in [4.78, 5) is 9.00. The maximum atomic E-state index is 5.95. The Morgan fingerprint density at radius 2 is 2.00 bits per heavy atom. The van der Waals surface area contributed by atoms with Crippen LogP contribution in [0.5, 0.6) is 5.75 Å². The van der Waals surface area contributed by atoms with E-state index in [9.17, 15) is 0 Å². The van der Waals surface area contributed by atoms with Crippen molar-refractivity contribution in [3.63, 3.8) is 0 Å². The lowest BCUT2D eigenvalue weighted by Crippen LogP contribution is -2.39. The predicted octanol–water partition coefficient (Wildman–Crippen LogP) is 1.73. The summed E-state index contributed by atoms with van der Waals surface area (Å²) in [6.07, 6.45) is 5.80. The Morgan fingerprint density at radius 3 is 2.67 bits per heavy atom. The first-order chi connectivity index (χ1) is 10.2. The maximum Gasteiger partial charge on any atom is 0.139 e. The summed E-state index contributed by atoms with van der Waals surface area (Å²) in [6.45, 7) is 10.1. The number of pyridine rings is 1. The average Bonchev–Trinajstić information content (AvgIpc) is 2.53. The summed E-state index contributed by atoms with van der Waals surface area (Å²) in [5, 5.41) is 0. The molecule has 0 spiro atoms. The van der Waals surface area contributed by atoms with Crippen LogP contribution in [-0.2, 0) is 0 Å². The summed E-state index contributed by atoms with van der Waals surface area (Å²) in [5.41, 5.74) is 7.09. The molecule has 0 radical (unpaired) electrons. The number of piperidine rings is 1. The van der Waals surface area contributed by atoms with E-state index in [1.807, 2.05) is 6.20 Å². The van der Waals surface area contributed by atoms with Gasteiger partial charge in [-0.15, -0.1) is 0 Å². The van der Waals surface area contributed by atoms with Gasteiger partial charge < -0.3 is 20.3 Å². The zero-order chi connectivity index (χ0) is 15.1. The van der Waals surface area contributed by atoms with E-state index in [1.54, 1.807) is 6.20 Å². The van der Waals surface area contributed by atoms with Gasteiger partial charge in [-0.25, -0.2) is 0 Å². The van der Waals surface area contributed by atoms with Crippen LogP contribution in [0.15, 0.2) is 18.5 Å². The van der Waals surface area contributed by atoms with Crippen molar-refractivity contribution in [2.24, 2.45) is 5.73 Å². The number of aromatic nitrogens is 1. The molecule has 5 nitrogen and oxygen atoms in total. The highest BCUT2D eigenvalue weighted by Crippen LogP contribution is 2.22. The Labute approximate surface area is 128 Å². The zero-order valence-electron chi connectivity index (χ0n) is 13.3. The highest BCUT2D eigenvalue weighted by Gasteiger charge is 2.16. The lowest BCUT2D eigenvalue weighted by Gasteiger charge is -2.31. The highest BCUT2D eigenvalue weighted by molar-refractivity contribution is 5.48. The second-order valence-electron chi connectivity index (χ2n) is 5.58. The number of ether oxygens (including phenoxy) is 1. The molecule has 5 heteroatoms. The van der Waals surface area contributed by atoms with Gasteiger partial charge in [0.1, 0.15) is 12.4 Å². The topological polar surface area (TPSA) is 54.6 Å². The molecule has 2 heterocycles. The molecule has 1 aliphatic rings. The van der Waals surface area contributed by atoms with Gasteiger partial charge >= 0.3 is 0 Å². The number of likely N-dealkylation sites (N-methyl/N-ethyl adjacent to an activating group) is 1. The Balaban J connectivity index is 1.86. The van der Waals surface area contributed by atoms with Gasteiger partial charge in [-0.1, -0.05) is 13.8 Å². The van der Waals surface area contributed by atoms with E-state index in [-0.39, 0.29) is 0 Å². The monoisotopic (exact) mass is 292 g/mol. The minimum atomic E-state index is 0.350. The minimum Gasteiger partial charge on any atom is -0.491 e. The highest BCUT2D eigenvalue weighted by atomic mass is 16.5. The molecular formula is C16H28N4O. The number of rotatable bonds is 7. The third-order valence-corrected chi connectivity index (χ3v) is 4.17. The Hall–Kier alpha value is -1.33. The summed E-state index contributed by atoms with van der Waals surface area (Å²) < 4.78 is 5.84. The second kappa shape index (κ2) is 8.20. The number of nitrogens with zero attached hydrogens (tertiary/aromatic N) is 3. The molecule has 21 heavy (non-hydrogen) atoms. The molecule has 1 saturated heterocycles. The standard InChI is InChI=1S/C16H28N4O/c1-3-19(4-2)9-10-21-16-11-15(12-18-13-16)20-7-5-14(17)6-8-20/h11-14H,3-10,17H2,1-2H3. The van der Waals surface area contributed by atoms with Crippen molar-refractivity contribution in [1.29, 1.82) is 0 Å². The van der Waals surface area contributed by atoms with Gasteiger partial charge in [0.2, 0.25) is 0 Å². The van der Waals surface area contributed by atoms with E-state index in [1.165, 1.54) is 0 Å². The first-order valence-electron chi connectivity index (χ1n) is 8.03. The minimum absolute atomic E-state index is 0.350. The summed E-state index contributed by atoms with van der Waals surface area (Å²) >= 11 is 0. The fourth-order valence-electron chi connectivity index (χ4n) is 2.65. The van der Waals surface area contributed by atoms with Crippen LogP contribution in [0.25, 0.3) is 0 Å². The molecule has 1 aromatic rings. The summed E-state index contributed by atoms with van der Waals surface area (Å²) in [7, 11) is 0. The van der Waals surface area contributed by atoms with E-state index >= 15 is 0 Å². The number of anilines is 1. The first-order valence-corrected chi connectivity index (χ1v) is 8.03. The third kappa shape index (κ3) is 4.86. The molecule has 0 bridgehead atoms. The summed E-state index contributed by atoms with van der Waals surface area (Å²) in [6, 6.07) is 2.44. The predicted molar refractivity (Wildman–Crippen MR) is 86.9 cm³/mol. The van der Waals surface area contributed by atoms with Gasteiger partial charge in [0.25, 0.3) is 0 Å². The molecule has 2 rings (SSSR count). The first kappa shape index (κ1) is 16.0. The van der Waals surface area contributed by atoms with Crippen molar-refractivity contribution in [3.8, 4) is 5.75 Å². The molecule has 0 atom stereocenters. The van der Waals surface area contributed by atoms with Crippen molar-refractivity contribution in [1.82, 2.24) is 9.88 Å². The molecule has 1 aliphatic heterocycles. The molecule has 1 aromatic heterocycles. The molecule has 0 saturated carbocycles. The molecule has 118 valence electrons. The van der Waals surface area contributed by atoms with Crippen molar-refractivity contribution < 1.29 is 4.74 Å². The molecular weight excluding hydrogens is 264 g/mol. The Morgan fingerprint density at radius 1 is 1.29 bits per heavy atom. The van der Waals surface area contributed by atoms with E-state index < -0.39 is 0 Å². The number of hydrogen-bond donors (Lipinski definition) is 1. The molecule has 1 fully saturated rings. The zero-order valence-corrected chi connectivity index (χ0v) is 13.3. The van der Waals surface area contributed by atoms with Crippen LogP contribution in [0.3, 0.4) is 0 Å². The van der Waals surface area contributed by atoms with Crippen LogP contribution in [0, 0.1) is 0 Å². The van der Waals surface area contributed by atoms with Crippen LogP contribution in [-0.4, -0.2) is 55.3 Å². The largest absolute Gasteiger partial charge is 0.491 e. The van der Waals surface area contributed by atoms with Gasteiger partial charge in [-0.3, -0.25) is 4.98 Å². The van der Waals surface area contributed by atoms with E-state index in [4.69, 9.17) is 10.5 Å². The van der Waals surface area contributed by atoms with Gasteiger partial charge in [-0.2, -0.15) is 0 Å². The normalized spacial score (nSPS) is 16.5. The number of nitrogens with two attached hydrogens (primary N) is 1. The van der Waals surface area contributed by atoms with E-state index in [2.05, 4.69) is 34.7 Å². The molecule has 0 aromatic carbocycles. The Bertz CT molecular complexity index is 414. The van der Waals surface area contributed by atoms with Crippen molar-refractivity contribution in [2.75, 3.05) is 44.2 Å².